The van der Waals surface area contributed by atoms with Crippen molar-refractivity contribution in [3.63, 3.8) is 0 Å². The molecule has 2 aliphatic heterocycles. The van der Waals surface area contributed by atoms with Crippen LogP contribution in [-0.2, 0) is 11.3 Å². The van der Waals surface area contributed by atoms with Crippen LogP contribution >= 0.6 is 0 Å². The first-order valence-electron chi connectivity index (χ1n) is 9.62. The number of piperidine rings is 1. The molecular weight excluding hydrogens is 314 g/mol. The molecule has 1 N–H and O–H groups in total. The fraction of sp³-hybridized carbons (Fsp3) is 0.650. The number of nitrogens with zero attached hydrogens (tertiary/aromatic N) is 2. The molecule has 0 aliphatic carbocycles. The number of nitrogens with one attached hydrogen (secondary N) is 1. The maximum Gasteiger partial charge on any atom is 0.317 e. The number of rotatable bonds is 5. The first-order chi connectivity index (χ1) is 12.2. The summed E-state index contributed by atoms with van der Waals surface area (Å²) in [7, 11) is 0. The second-order valence-electron chi connectivity index (χ2n) is 7.23. The van der Waals surface area contributed by atoms with Gasteiger partial charge in [0.1, 0.15) is 0 Å². The summed E-state index contributed by atoms with van der Waals surface area (Å²) >= 11 is 0. The highest BCUT2D eigenvalue weighted by atomic mass is 16.5. The normalized spacial score (nSPS) is 22.0. The number of ether oxygens (including phenoxy) is 1. The molecule has 0 bridgehead atoms. The smallest absolute Gasteiger partial charge is 0.317 e. The molecule has 5 heteroatoms. The molecule has 5 nitrogen and oxygen atoms in total. The molecule has 1 aromatic rings. The number of hydrogen-bond donors (Lipinski definition) is 1. The van der Waals surface area contributed by atoms with Crippen LogP contribution in [0.2, 0.25) is 0 Å². The van der Waals surface area contributed by atoms with Crippen LogP contribution in [-0.4, -0.2) is 61.3 Å². The van der Waals surface area contributed by atoms with E-state index in [0.717, 1.165) is 64.2 Å². The number of benzene rings is 1. The van der Waals surface area contributed by atoms with Gasteiger partial charge in [-0.15, -0.1) is 0 Å². The van der Waals surface area contributed by atoms with Gasteiger partial charge in [-0.2, -0.15) is 0 Å². The van der Waals surface area contributed by atoms with E-state index in [1.54, 1.807) is 0 Å². The molecule has 2 aliphatic rings. The predicted molar refractivity (Wildman–Crippen MR) is 99.6 cm³/mol. The van der Waals surface area contributed by atoms with Crippen LogP contribution in [0.25, 0.3) is 0 Å². The molecule has 2 fully saturated rings. The van der Waals surface area contributed by atoms with Gasteiger partial charge in [0.2, 0.25) is 0 Å². The second kappa shape index (κ2) is 9.20. The van der Waals surface area contributed by atoms with Gasteiger partial charge in [-0.05, 0) is 38.2 Å². The van der Waals surface area contributed by atoms with Gasteiger partial charge < -0.3 is 15.0 Å². The van der Waals surface area contributed by atoms with Crippen molar-refractivity contribution in [1.82, 2.24) is 15.1 Å². The van der Waals surface area contributed by atoms with Crippen LogP contribution in [0.15, 0.2) is 24.3 Å². The lowest BCUT2D eigenvalue weighted by Crippen LogP contribution is -2.50. The number of carbonyl (C=O) groups is 1. The number of likely N-dealkylation sites (tertiary alicyclic amines) is 1. The molecule has 3 rings (SSSR count). The van der Waals surface area contributed by atoms with Crippen LogP contribution in [0.3, 0.4) is 0 Å². The maximum atomic E-state index is 12.7. The van der Waals surface area contributed by atoms with Crippen molar-refractivity contribution in [2.45, 2.75) is 45.2 Å². The maximum absolute atomic E-state index is 12.7. The van der Waals surface area contributed by atoms with Crippen molar-refractivity contribution in [3.8, 4) is 0 Å². The Morgan fingerprint density at radius 2 is 1.92 bits per heavy atom. The van der Waals surface area contributed by atoms with E-state index in [0.29, 0.717) is 12.6 Å². The minimum Gasteiger partial charge on any atom is -0.379 e. The standard InChI is InChI=1S/C20H31N3O2/c1-17-5-7-18(8-6-17)16-21-20(24)23-10-3-2-4-19(23)9-11-22-12-14-25-15-13-22/h5-8,19H,2-4,9-16H2,1H3,(H,21,24). The summed E-state index contributed by atoms with van der Waals surface area (Å²) in [5.74, 6) is 0. The van der Waals surface area contributed by atoms with Crippen LogP contribution < -0.4 is 5.32 Å². The topological polar surface area (TPSA) is 44.8 Å². The predicted octanol–water partition coefficient (Wildman–Crippen LogP) is 2.78. The summed E-state index contributed by atoms with van der Waals surface area (Å²) in [6.45, 7) is 8.35. The lowest BCUT2D eigenvalue weighted by Gasteiger charge is -2.37. The van der Waals surface area contributed by atoms with Gasteiger partial charge >= 0.3 is 6.03 Å². The molecule has 1 aromatic carbocycles. The van der Waals surface area contributed by atoms with E-state index in [4.69, 9.17) is 4.74 Å². The number of morpholine rings is 1. The Bertz CT molecular complexity index is 540. The van der Waals surface area contributed by atoms with E-state index in [2.05, 4.69) is 46.3 Å². The molecule has 1 atom stereocenters. The monoisotopic (exact) mass is 345 g/mol. The molecule has 0 saturated carbocycles. The molecule has 0 spiro atoms. The highest BCUT2D eigenvalue weighted by molar-refractivity contribution is 5.74. The van der Waals surface area contributed by atoms with Gasteiger partial charge in [-0.1, -0.05) is 29.8 Å². The quantitative estimate of drug-likeness (QED) is 0.892. The van der Waals surface area contributed by atoms with E-state index < -0.39 is 0 Å². The van der Waals surface area contributed by atoms with Gasteiger partial charge in [0.05, 0.1) is 13.2 Å². The van der Waals surface area contributed by atoms with Crippen molar-refractivity contribution in [2.75, 3.05) is 39.4 Å². The number of amides is 2. The third kappa shape index (κ3) is 5.44. The lowest BCUT2D eigenvalue weighted by molar-refractivity contribution is 0.0326. The Labute approximate surface area is 151 Å². The number of aryl methyl sites for hydroxylation is 1. The van der Waals surface area contributed by atoms with Crippen LogP contribution in [0.5, 0.6) is 0 Å². The lowest BCUT2D eigenvalue weighted by atomic mass is 9.99. The van der Waals surface area contributed by atoms with E-state index in [1.807, 2.05) is 0 Å². The van der Waals surface area contributed by atoms with Crippen molar-refractivity contribution in [2.24, 2.45) is 0 Å². The average Bonchev–Trinajstić information content (AvgIpc) is 2.67. The minimum absolute atomic E-state index is 0.0900. The van der Waals surface area contributed by atoms with Gasteiger partial charge in [0.15, 0.2) is 0 Å². The largest absolute Gasteiger partial charge is 0.379 e. The first-order valence-corrected chi connectivity index (χ1v) is 9.62. The Kier molecular flexibility index (Phi) is 6.70. The van der Waals surface area contributed by atoms with Crippen LogP contribution in [0, 0.1) is 6.92 Å². The zero-order valence-electron chi connectivity index (χ0n) is 15.4. The van der Waals surface area contributed by atoms with E-state index in [-0.39, 0.29) is 6.03 Å². The molecule has 138 valence electrons. The molecule has 2 saturated heterocycles. The molecule has 0 radical (unpaired) electrons. The SMILES string of the molecule is Cc1ccc(CNC(=O)N2CCCCC2CCN2CCOCC2)cc1. The third-order valence-corrected chi connectivity index (χ3v) is 5.33. The van der Waals surface area contributed by atoms with E-state index in [9.17, 15) is 4.79 Å². The molecule has 2 heterocycles. The fourth-order valence-corrected chi connectivity index (χ4v) is 3.71. The van der Waals surface area contributed by atoms with Gasteiger partial charge in [-0.25, -0.2) is 4.79 Å². The summed E-state index contributed by atoms with van der Waals surface area (Å²) in [5.41, 5.74) is 2.40. The third-order valence-electron chi connectivity index (χ3n) is 5.33. The van der Waals surface area contributed by atoms with Crippen molar-refractivity contribution in [1.29, 1.82) is 0 Å². The minimum atomic E-state index is 0.0900. The second-order valence-corrected chi connectivity index (χ2v) is 7.23. The number of carbonyl (C=O) groups excluding carboxylic acids is 1. The van der Waals surface area contributed by atoms with Crippen LogP contribution in [0.1, 0.15) is 36.8 Å². The molecule has 25 heavy (non-hydrogen) atoms. The molecule has 1 unspecified atom stereocenters. The molecule has 0 aromatic heterocycles. The highest BCUT2D eigenvalue weighted by Crippen LogP contribution is 2.20. The summed E-state index contributed by atoms with van der Waals surface area (Å²) in [6, 6.07) is 8.81. The summed E-state index contributed by atoms with van der Waals surface area (Å²) < 4.78 is 5.42. The molecule has 2 amide bonds. The van der Waals surface area contributed by atoms with Gasteiger partial charge in [0.25, 0.3) is 0 Å². The Morgan fingerprint density at radius 1 is 1.16 bits per heavy atom. The Balaban J connectivity index is 1.48. The first kappa shape index (κ1) is 18.2. The van der Waals surface area contributed by atoms with Gasteiger partial charge in [0, 0.05) is 38.8 Å². The van der Waals surface area contributed by atoms with Crippen molar-refractivity contribution in [3.05, 3.63) is 35.4 Å². The highest BCUT2D eigenvalue weighted by Gasteiger charge is 2.27. The van der Waals surface area contributed by atoms with E-state index >= 15 is 0 Å². The van der Waals surface area contributed by atoms with E-state index in [1.165, 1.54) is 12.0 Å². The summed E-state index contributed by atoms with van der Waals surface area (Å²) in [4.78, 5) is 17.2. The van der Waals surface area contributed by atoms with Crippen molar-refractivity contribution >= 4 is 6.03 Å². The number of urea groups is 1. The average molecular weight is 345 g/mol. The van der Waals surface area contributed by atoms with Crippen LogP contribution in [0.4, 0.5) is 4.79 Å². The number of hydrogen-bond acceptors (Lipinski definition) is 3. The molecular formula is C20H31N3O2. The van der Waals surface area contributed by atoms with Crippen molar-refractivity contribution < 1.29 is 9.53 Å². The Hall–Kier alpha value is -1.59. The van der Waals surface area contributed by atoms with Gasteiger partial charge in [-0.3, -0.25) is 4.90 Å². The Morgan fingerprint density at radius 3 is 2.68 bits per heavy atom. The fourth-order valence-electron chi connectivity index (χ4n) is 3.71. The summed E-state index contributed by atoms with van der Waals surface area (Å²) in [6.07, 6.45) is 4.54. The zero-order chi connectivity index (χ0) is 17.5. The summed E-state index contributed by atoms with van der Waals surface area (Å²) in [5, 5.41) is 3.11. The zero-order valence-corrected chi connectivity index (χ0v) is 15.4.